The first-order chi connectivity index (χ1) is 10.1. The average molecular weight is 314 g/mol. The van der Waals surface area contributed by atoms with Crippen LogP contribution < -0.4 is 14.8 Å². The van der Waals surface area contributed by atoms with Crippen molar-refractivity contribution >= 4 is 10.0 Å². The molecule has 21 heavy (non-hydrogen) atoms. The van der Waals surface area contributed by atoms with Crippen molar-refractivity contribution in [1.29, 1.82) is 0 Å². The van der Waals surface area contributed by atoms with E-state index in [1.54, 1.807) is 12.1 Å². The highest BCUT2D eigenvalue weighted by Gasteiger charge is 2.25. The molecule has 2 rings (SSSR count). The largest absolute Gasteiger partial charge is 0.495 e. The normalized spacial score (nSPS) is 19.4. The Morgan fingerprint density at radius 1 is 1.43 bits per heavy atom. The van der Waals surface area contributed by atoms with Gasteiger partial charge >= 0.3 is 0 Å². The zero-order chi connectivity index (χ0) is 15.3. The minimum Gasteiger partial charge on any atom is -0.495 e. The van der Waals surface area contributed by atoms with Crippen LogP contribution in [0.4, 0.5) is 0 Å². The predicted molar refractivity (Wildman–Crippen MR) is 79.9 cm³/mol. The monoisotopic (exact) mass is 314 g/mol. The Hall–Kier alpha value is -1.15. The van der Waals surface area contributed by atoms with E-state index in [4.69, 9.17) is 9.47 Å². The molecule has 1 aliphatic heterocycles. The van der Waals surface area contributed by atoms with Crippen molar-refractivity contribution in [1.82, 2.24) is 10.0 Å². The minimum atomic E-state index is -3.63. The van der Waals surface area contributed by atoms with Crippen LogP contribution in [0.3, 0.4) is 0 Å². The van der Waals surface area contributed by atoms with Crippen molar-refractivity contribution in [3.8, 4) is 5.75 Å². The molecule has 1 heterocycles. The van der Waals surface area contributed by atoms with Crippen LogP contribution in [0.15, 0.2) is 23.1 Å². The average Bonchev–Trinajstić information content (AvgIpc) is 2.48. The Balaban J connectivity index is 2.26. The van der Waals surface area contributed by atoms with E-state index in [1.165, 1.54) is 7.11 Å². The fourth-order valence-corrected chi connectivity index (χ4v) is 3.84. The maximum Gasteiger partial charge on any atom is 0.244 e. The molecule has 1 atom stereocenters. The summed E-state index contributed by atoms with van der Waals surface area (Å²) in [6.07, 6.45) is 1.65. The van der Waals surface area contributed by atoms with Crippen molar-refractivity contribution in [2.45, 2.75) is 30.3 Å². The molecule has 1 saturated heterocycles. The van der Waals surface area contributed by atoms with E-state index in [2.05, 4.69) is 10.0 Å². The van der Waals surface area contributed by atoms with Gasteiger partial charge in [-0.1, -0.05) is 6.07 Å². The van der Waals surface area contributed by atoms with Gasteiger partial charge in [-0.25, -0.2) is 13.1 Å². The van der Waals surface area contributed by atoms with Gasteiger partial charge in [-0.05, 0) is 37.6 Å². The summed E-state index contributed by atoms with van der Waals surface area (Å²) in [5, 5.41) is 3.01. The maximum atomic E-state index is 12.6. The third kappa shape index (κ3) is 4.16. The second kappa shape index (κ2) is 7.22. The molecule has 6 nitrogen and oxygen atoms in total. The van der Waals surface area contributed by atoms with Gasteiger partial charge in [-0.15, -0.1) is 0 Å². The lowest BCUT2D eigenvalue weighted by molar-refractivity contribution is 0.0774. The number of hydrogen-bond acceptors (Lipinski definition) is 5. The van der Waals surface area contributed by atoms with E-state index in [0.717, 1.165) is 18.4 Å². The number of hydrogen-bond donors (Lipinski definition) is 2. The molecular weight excluding hydrogens is 292 g/mol. The Labute approximate surface area is 125 Å². The van der Waals surface area contributed by atoms with Crippen molar-refractivity contribution in [2.75, 3.05) is 27.4 Å². The molecule has 1 fully saturated rings. The van der Waals surface area contributed by atoms with Crippen LogP contribution >= 0.6 is 0 Å². The summed E-state index contributed by atoms with van der Waals surface area (Å²) in [5.74, 6) is 0.346. The van der Waals surface area contributed by atoms with Crippen molar-refractivity contribution in [3.05, 3.63) is 23.8 Å². The topological polar surface area (TPSA) is 76.7 Å². The smallest absolute Gasteiger partial charge is 0.244 e. The number of benzene rings is 1. The molecule has 1 aromatic rings. The minimum absolute atomic E-state index is 0.170. The Morgan fingerprint density at radius 2 is 2.24 bits per heavy atom. The predicted octanol–water partition coefficient (Wildman–Crippen LogP) is 0.872. The molecule has 0 saturated carbocycles. The highest BCUT2D eigenvalue weighted by Crippen LogP contribution is 2.25. The van der Waals surface area contributed by atoms with Gasteiger partial charge < -0.3 is 14.8 Å². The third-order valence-corrected chi connectivity index (χ3v) is 4.92. The van der Waals surface area contributed by atoms with Crippen molar-refractivity contribution < 1.29 is 17.9 Å². The van der Waals surface area contributed by atoms with Gasteiger partial charge in [0.1, 0.15) is 10.6 Å². The summed E-state index contributed by atoms with van der Waals surface area (Å²) in [6.45, 7) is 1.70. The number of methoxy groups -OCH3 is 1. The lowest BCUT2D eigenvalue weighted by atomic mass is 10.1. The Kier molecular flexibility index (Phi) is 5.58. The fraction of sp³-hybridized carbons (Fsp3) is 0.571. The van der Waals surface area contributed by atoms with Crippen molar-refractivity contribution in [2.24, 2.45) is 0 Å². The molecule has 0 radical (unpaired) electrons. The van der Waals surface area contributed by atoms with Gasteiger partial charge in [0.25, 0.3) is 0 Å². The van der Waals surface area contributed by atoms with E-state index < -0.39 is 10.0 Å². The number of nitrogens with one attached hydrogen (secondary N) is 2. The van der Waals surface area contributed by atoms with Crippen LogP contribution in [-0.4, -0.2) is 41.8 Å². The number of ether oxygens (including phenoxy) is 2. The molecule has 118 valence electrons. The molecule has 1 aliphatic rings. The molecule has 2 N–H and O–H groups in total. The molecule has 0 spiro atoms. The summed E-state index contributed by atoms with van der Waals surface area (Å²) in [4.78, 5) is 0.170. The summed E-state index contributed by atoms with van der Waals surface area (Å²) >= 11 is 0. The molecule has 0 bridgehead atoms. The second-order valence-corrected chi connectivity index (χ2v) is 6.73. The lowest BCUT2D eigenvalue weighted by Crippen LogP contribution is -2.40. The second-order valence-electron chi connectivity index (χ2n) is 5.05. The van der Waals surface area contributed by atoms with Crippen molar-refractivity contribution in [3.63, 3.8) is 0 Å². The molecular formula is C14H22N2O4S. The van der Waals surface area contributed by atoms with Gasteiger partial charge in [0.15, 0.2) is 0 Å². The maximum absolute atomic E-state index is 12.6. The molecule has 0 aromatic heterocycles. The van der Waals surface area contributed by atoms with E-state index in [-0.39, 0.29) is 10.9 Å². The van der Waals surface area contributed by atoms with Gasteiger partial charge in [0.05, 0.1) is 13.7 Å². The van der Waals surface area contributed by atoms with E-state index >= 15 is 0 Å². The van der Waals surface area contributed by atoms with Crippen LogP contribution in [-0.2, 0) is 21.3 Å². The van der Waals surface area contributed by atoms with E-state index in [0.29, 0.717) is 25.5 Å². The van der Waals surface area contributed by atoms with Gasteiger partial charge in [-0.2, -0.15) is 0 Å². The first kappa shape index (κ1) is 16.2. The highest BCUT2D eigenvalue weighted by molar-refractivity contribution is 7.89. The molecule has 1 unspecified atom stereocenters. The van der Waals surface area contributed by atoms with Gasteiger partial charge in [0.2, 0.25) is 10.0 Å². The summed E-state index contributed by atoms with van der Waals surface area (Å²) < 4.78 is 38.3. The van der Waals surface area contributed by atoms with Crippen LogP contribution in [0.1, 0.15) is 18.4 Å². The fourth-order valence-electron chi connectivity index (χ4n) is 2.36. The summed E-state index contributed by atoms with van der Waals surface area (Å²) in [7, 11) is -0.343. The third-order valence-electron chi connectivity index (χ3n) is 3.38. The standard InChI is InChI=1S/C14H22N2O4S/c1-15-9-11-5-6-13(19-2)14(8-11)21(17,18)16-12-4-3-7-20-10-12/h5-6,8,12,15-16H,3-4,7,9-10H2,1-2H3. The van der Waals surface area contributed by atoms with Crippen LogP contribution in [0.25, 0.3) is 0 Å². The molecule has 1 aromatic carbocycles. The molecule has 7 heteroatoms. The molecule has 0 aliphatic carbocycles. The van der Waals surface area contributed by atoms with E-state index in [9.17, 15) is 8.42 Å². The first-order valence-corrected chi connectivity index (χ1v) is 8.46. The van der Waals surface area contributed by atoms with Gasteiger partial charge in [-0.3, -0.25) is 0 Å². The Bertz CT molecular complexity index is 568. The van der Waals surface area contributed by atoms with E-state index in [1.807, 2.05) is 13.1 Å². The van der Waals surface area contributed by atoms with Gasteiger partial charge in [0, 0.05) is 19.2 Å². The number of sulfonamides is 1. The molecule has 0 amide bonds. The van der Waals surface area contributed by atoms with Crippen LogP contribution in [0, 0.1) is 0 Å². The summed E-state index contributed by atoms with van der Waals surface area (Å²) in [6, 6.07) is 4.99. The van der Waals surface area contributed by atoms with Crippen LogP contribution in [0.5, 0.6) is 5.75 Å². The van der Waals surface area contributed by atoms with Crippen LogP contribution in [0.2, 0.25) is 0 Å². The zero-order valence-corrected chi connectivity index (χ0v) is 13.2. The number of rotatable bonds is 6. The summed E-state index contributed by atoms with van der Waals surface area (Å²) in [5.41, 5.74) is 0.888. The SMILES string of the molecule is CNCc1ccc(OC)c(S(=O)(=O)NC2CCCOC2)c1. The highest BCUT2D eigenvalue weighted by atomic mass is 32.2. The zero-order valence-electron chi connectivity index (χ0n) is 12.4. The quantitative estimate of drug-likeness (QED) is 0.815. The lowest BCUT2D eigenvalue weighted by Gasteiger charge is -2.23. The first-order valence-electron chi connectivity index (χ1n) is 6.98. The Morgan fingerprint density at radius 3 is 2.86 bits per heavy atom.